The number of ether oxygens (including phenoxy) is 1. The van der Waals surface area contributed by atoms with E-state index in [4.69, 9.17) is 16.3 Å². The molecule has 0 aromatic heterocycles. The van der Waals surface area contributed by atoms with E-state index < -0.39 is 21.7 Å². The average Bonchev–Trinajstić information content (AvgIpc) is 2.71. The third kappa shape index (κ3) is 4.85. The van der Waals surface area contributed by atoms with Crippen molar-refractivity contribution in [2.45, 2.75) is 4.90 Å². The number of halogens is 2. The van der Waals surface area contributed by atoms with E-state index in [1.54, 1.807) is 24.3 Å². The molecular formula is C20H16ClFN2O4S. The van der Waals surface area contributed by atoms with Crippen LogP contribution in [0.15, 0.2) is 71.6 Å². The number of hydrogen-bond donors (Lipinski definition) is 2. The van der Waals surface area contributed by atoms with Gasteiger partial charge in [0, 0.05) is 11.8 Å². The molecule has 0 atom stereocenters. The van der Waals surface area contributed by atoms with Gasteiger partial charge in [-0.3, -0.25) is 9.52 Å². The molecule has 0 aliphatic heterocycles. The quantitative estimate of drug-likeness (QED) is 0.596. The van der Waals surface area contributed by atoms with Crippen LogP contribution in [0.25, 0.3) is 0 Å². The van der Waals surface area contributed by atoms with E-state index in [1.165, 1.54) is 43.5 Å². The van der Waals surface area contributed by atoms with E-state index in [-0.39, 0.29) is 26.9 Å². The van der Waals surface area contributed by atoms with E-state index in [0.29, 0.717) is 5.75 Å². The summed E-state index contributed by atoms with van der Waals surface area (Å²) >= 11 is 5.73. The van der Waals surface area contributed by atoms with Crippen LogP contribution in [0.2, 0.25) is 5.02 Å². The standard InChI is InChI=1S/C20H16ClFN2O4S/c1-28-14-5-4-6-15(12-14)29(26,27)24-19-8-3-2-7-16(19)20(25)23-13-9-10-18(22)17(21)11-13/h2-12,24H,1H3,(H,23,25). The summed E-state index contributed by atoms with van der Waals surface area (Å²) in [5.74, 6) is -0.820. The zero-order chi connectivity index (χ0) is 21.0. The predicted octanol–water partition coefficient (Wildman–Crippen LogP) is 4.54. The van der Waals surface area contributed by atoms with Gasteiger partial charge in [0.15, 0.2) is 0 Å². The van der Waals surface area contributed by atoms with Gasteiger partial charge in [-0.05, 0) is 42.5 Å². The minimum absolute atomic E-state index is 0.0163. The highest BCUT2D eigenvalue weighted by molar-refractivity contribution is 7.92. The summed E-state index contributed by atoms with van der Waals surface area (Å²) in [6.45, 7) is 0. The first-order valence-electron chi connectivity index (χ1n) is 8.32. The molecule has 29 heavy (non-hydrogen) atoms. The van der Waals surface area contributed by atoms with Crippen molar-refractivity contribution in [2.24, 2.45) is 0 Å². The highest BCUT2D eigenvalue weighted by Crippen LogP contribution is 2.24. The van der Waals surface area contributed by atoms with Crippen LogP contribution in [-0.2, 0) is 10.0 Å². The summed E-state index contributed by atoms with van der Waals surface area (Å²) in [6, 6.07) is 15.8. The summed E-state index contributed by atoms with van der Waals surface area (Å²) < 4.78 is 46.2. The molecule has 6 nitrogen and oxygen atoms in total. The van der Waals surface area contributed by atoms with Crippen LogP contribution in [0, 0.1) is 5.82 Å². The number of rotatable bonds is 6. The molecule has 3 rings (SSSR count). The Morgan fingerprint density at radius 1 is 1.03 bits per heavy atom. The number of anilines is 2. The van der Waals surface area contributed by atoms with Crippen molar-refractivity contribution in [3.8, 4) is 5.75 Å². The SMILES string of the molecule is COc1cccc(S(=O)(=O)Nc2ccccc2C(=O)Nc2ccc(F)c(Cl)c2)c1. The first-order chi connectivity index (χ1) is 13.8. The smallest absolute Gasteiger partial charge is 0.262 e. The Balaban J connectivity index is 1.88. The summed E-state index contributed by atoms with van der Waals surface area (Å²) in [5, 5.41) is 2.42. The minimum atomic E-state index is -3.97. The van der Waals surface area contributed by atoms with Gasteiger partial charge in [0.2, 0.25) is 0 Å². The van der Waals surface area contributed by atoms with Crippen molar-refractivity contribution < 1.29 is 22.3 Å². The lowest BCUT2D eigenvalue weighted by molar-refractivity contribution is 0.102. The minimum Gasteiger partial charge on any atom is -0.497 e. The number of para-hydroxylation sites is 1. The van der Waals surface area contributed by atoms with Crippen LogP contribution in [0.5, 0.6) is 5.75 Å². The predicted molar refractivity (Wildman–Crippen MR) is 110 cm³/mol. The second kappa shape index (κ2) is 8.50. The number of nitrogens with one attached hydrogen (secondary N) is 2. The van der Waals surface area contributed by atoms with E-state index in [1.807, 2.05) is 0 Å². The molecule has 0 aliphatic carbocycles. The maximum Gasteiger partial charge on any atom is 0.262 e. The zero-order valence-corrected chi connectivity index (χ0v) is 16.7. The largest absolute Gasteiger partial charge is 0.497 e. The van der Waals surface area contributed by atoms with Crippen LogP contribution in [-0.4, -0.2) is 21.4 Å². The molecule has 3 aromatic rings. The molecule has 0 radical (unpaired) electrons. The fraction of sp³-hybridized carbons (Fsp3) is 0.0500. The monoisotopic (exact) mass is 434 g/mol. The Hall–Kier alpha value is -3.10. The molecule has 0 unspecified atom stereocenters. The Kier molecular flexibility index (Phi) is 6.05. The Morgan fingerprint density at radius 3 is 2.52 bits per heavy atom. The first kappa shape index (κ1) is 20.6. The molecule has 0 bridgehead atoms. The maximum atomic E-state index is 13.3. The number of carbonyl (C=O) groups excluding carboxylic acids is 1. The van der Waals surface area contributed by atoms with Gasteiger partial charge in [-0.15, -0.1) is 0 Å². The van der Waals surface area contributed by atoms with Crippen LogP contribution >= 0.6 is 11.6 Å². The first-order valence-corrected chi connectivity index (χ1v) is 10.2. The summed E-state index contributed by atoms with van der Waals surface area (Å²) in [6.07, 6.45) is 0. The molecule has 0 aliphatic rings. The third-order valence-corrected chi connectivity index (χ3v) is 5.60. The lowest BCUT2D eigenvalue weighted by atomic mass is 10.1. The van der Waals surface area contributed by atoms with Gasteiger partial charge in [-0.1, -0.05) is 29.8 Å². The Bertz CT molecular complexity index is 1170. The number of hydrogen-bond acceptors (Lipinski definition) is 4. The molecule has 0 saturated carbocycles. The highest BCUT2D eigenvalue weighted by atomic mass is 35.5. The lowest BCUT2D eigenvalue weighted by Gasteiger charge is -2.13. The molecule has 3 aromatic carbocycles. The van der Waals surface area contributed by atoms with Gasteiger partial charge in [0.25, 0.3) is 15.9 Å². The van der Waals surface area contributed by atoms with E-state index in [9.17, 15) is 17.6 Å². The second-order valence-corrected chi connectivity index (χ2v) is 8.00. The molecule has 1 amide bonds. The molecule has 0 spiro atoms. The molecular weight excluding hydrogens is 419 g/mol. The van der Waals surface area contributed by atoms with Crippen molar-refractivity contribution in [1.29, 1.82) is 0 Å². The van der Waals surface area contributed by atoms with Crippen molar-refractivity contribution in [3.63, 3.8) is 0 Å². The van der Waals surface area contributed by atoms with Gasteiger partial charge < -0.3 is 10.1 Å². The summed E-state index contributed by atoms with van der Waals surface area (Å²) in [7, 11) is -2.54. The second-order valence-electron chi connectivity index (χ2n) is 5.91. The van der Waals surface area contributed by atoms with Crippen LogP contribution < -0.4 is 14.8 Å². The van der Waals surface area contributed by atoms with Crippen LogP contribution in [0.4, 0.5) is 15.8 Å². The van der Waals surface area contributed by atoms with Crippen molar-refractivity contribution in [1.82, 2.24) is 0 Å². The number of benzene rings is 3. The highest BCUT2D eigenvalue weighted by Gasteiger charge is 2.19. The summed E-state index contributed by atoms with van der Waals surface area (Å²) in [5.41, 5.74) is 0.437. The van der Waals surface area contributed by atoms with Crippen molar-refractivity contribution >= 4 is 38.9 Å². The fourth-order valence-electron chi connectivity index (χ4n) is 2.51. The fourth-order valence-corrected chi connectivity index (χ4v) is 3.81. The lowest BCUT2D eigenvalue weighted by Crippen LogP contribution is -2.18. The molecule has 0 saturated heterocycles. The number of amides is 1. The van der Waals surface area contributed by atoms with Gasteiger partial charge in [0.05, 0.1) is 28.3 Å². The zero-order valence-electron chi connectivity index (χ0n) is 15.1. The normalized spacial score (nSPS) is 11.0. The van der Waals surface area contributed by atoms with Gasteiger partial charge in [0.1, 0.15) is 11.6 Å². The number of sulfonamides is 1. The van der Waals surface area contributed by atoms with Crippen LogP contribution in [0.3, 0.4) is 0 Å². The van der Waals surface area contributed by atoms with Crippen molar-refractivity contribution in [2.75, 3.05) is 17.1 Å². The topological polar surface area (TPSA) is 84.5 Å². The summed E-state index contributed by atoms with van der Waals surface area (Å²) in [4.78, 5) is 12.6. The third-order valence-electron chi connectivity index (χ3n) is 3.94. The number of carbonyl (C=O) groups is 1. The van der Waals surface area contributed by atoms with Gasteiger partial charge >= 0.3 is 0 Å². The Morgan fingerprint density at radius 2 is 1.79 bits per heavy atom. The molecule has 2 N–H and O–H groups in total. The maximum absolute atomic E-state index is 13.3. The molecule has 9 heteroatoms. The molecule has 0 fully saturated rings. The van der Waals surface area contributed by atoms with E-state index in [0.717, 1.165) is 6.07 Å². The van der Waals surface area contributed by atoms with Gasteiger partial charge in [-0.2, -0.15) is 0 Å². The molecule has 0 heterocycles. The molecule has 150 valence electrons. The van der Waals surface area contributed by atoms with E-state index >= 15 is 0 Å². The Labute approximate surface area is 172 Å². The van der Waals surface area contributed by atoms with E-state index in [2.05, 4.69) is 10.0 Å². The van der Waals surface area contributed by atoms with Crippen LogP contribution in [0.1, 0.15) is 10.4 Å². The average molecular weight is 435 g/mol. The van der Waals surface area contributed by atoms with Crippen molar-refractivity contribution in [3.05, 3.63) is 83.1 Å². The number of methoxy groups -OCH3 is 1. The van der Waals surface area contributed by atoms with Gasteiger partial charge in [-0.25, -0.2) is 12.8 Å².